The number of morpholine rings is 2. The predicted octanol–water partition coefficient (Wildman–Crippen LogP) is 8.18. The lowest BCUT2D eigenvalue weighted by molar-refractivity contribution is 0.0109. The summed E-state index contributed by atoms with van der Waals surface area (Å²) in [5.41, 5.74) is 12.4. The van der Waals surface area contributed by atoms with Gasteiger partial charge in [-0.2, -0.15) is 0 Å². The highest BCUT2D eigenvalue weighted by atomic mass is 16.6. The Kier molecular flexibility index (Phi) is 17.1. The Bertz CT molecular complexity index is 1650. The van der Waals surface area contributed by atoms with Crippen molar-refractivity contribution in [1.29, 1.82) is 0 Å². The number of aldehydes is 1. The Morgan fingerprint density at radius 3 is 1.56 bits per heavy atom. The smallest absolute Gasteiger partial charge is 0.410 e. The Balaban J connectivity index is 0.000000215. The third-order valence-corrected chi connectivity index (χ3v) is 11.4. The van der Waals surface area contributed by atoms with E-state index in [0.29, 0.717) is 13.1 Å². The van der Waals surface area contributed by atoms with Crippen LogP contribution in [0.15, 0.2) is 36.4 Å². The number of ether oxygens (including phenoxy) is 4. The second kappa shape index (κ2) is 21.1. The minimum absolute atomic E-state index is 0.126. The highest BCUT2D eigenvalue weighted by Crippen LogP contribution is 2.37. The number of likely N-dealkylation sites (tertiary alicyclic amines) is 2. The Hall–Kier alpha value is -3.87. The molecule has 2 aromatic carbocycles. The van der Waals surface area contributed by atoms with Gasteiger partial charge in [0.2, 0.25) is 0 Å². The number of carbonyl (C=O) groups excluding carboxylic acids is 3. The van der Waals surface area contributed by atoms with Crippen LogP contribution in [0.4, 0.5) is 21.0 Å². The van der Waals surface area contributed by atoms with Crippen LogP contribution < -0.4 is 15.5 Å². The number of anilines is 2. The van der Waals surface area contributed by atoms with E-state index in [1.54, 1.807) is 4.90 Å². The highest BCUT2D eigenvalue weighted by molar-refractivity contribution is 5.85. The van der Waals surface area contributed by atoms with E-state index in [2.05, 4.69) is 47.9 Å². The van der Waals surface area contributed by atoms with Gasteiger partial charge >= 0.3 is 12.2 Å². The minimum Gasteiger partial charge on any atom is -0.444 e. The van der Waals surface area contributed by atoms with E-state index in [1.165, 1.54) is 22.4 Å². The number of amides is 2. The molecule has 4 heterocycles. The van der Waals surface area contributed by atoms with E-state index in [4.69, 9.17) is 24.7 Å². The molecule has 2 aromatic rings. The van der Waals surface area contributed by atoms with E-state index in [0.717, 1.165) is 122 Å². The summed E-state index contributed by atoms with van der Waals surface area (Å²) in [6, 6.07) is 12.8. The van der Waals surface area contributed by atoms with Gasteiger partial charge in [-0.05, 0) is 141 Å². The lowest BCUT2D eigenvalue weighted by Crippen LogP contribution is -2.50. The van der Waals surface area contributed by atoms with Crippen LogP contribution in [-0.2, 0) is 25.4 Å². The zero-order valence-electron chi connectivity index (χ0n) is 38.0. The number of rotatable bonds is 6. The van der Waals surface area contributed by atoms with Crippen LogP contribution in [0.2, 0.25) is 0 Å². The molecule has 4 aliphatic heterocycles. The molecule has 2 N–H and O–H groups in total. The van der Waals surface area contributed by atoms with E-state index < -0.39 is 11.2 Å². The standard InChI is InChI=1S/C24H38N2O3.C12H15NO2.C11H22N2O2/c1-19-6-7-20(21(18-19)25-14-16-28-17-15-25)8-9-24(5)10-12-26(13-11-24)22(27)29-23(2,3)4;1-10-2-3-11(9-14)12(8-10)13-4-6-15-7-5-13;1-10(2,3)15-9(14)13-7-5-11(4,12)6-8-13/h6-7,18H,8-17H2,1-5H3;2-3,8-9H,4-7H2,1H3;5-8,12H2,1-4H3. The van der Waals surface area contributed by atoms with Crippen molar-refractivity contribution in [2.45, 2.75) is 125 Å². The number of hydrogen-bond acceptors (Lipinski definition) is 10. The molecular formula is C47H75N5O7. The molecule has 12 nitrogen and oxygen atoms in total. The maximum absolute atomic E-state index is 12.3. The summed E-state index contributed by atoms with van der Waals surface area (Å²) in [6.07, 6.45) is 6.50. The van der Waals surface area contributed by atoms with Crippen molar-refractivity contribution in [3.8, 4) is 0 Å². The van der Waals surface area contributed by atoms with Crippen LogP contribution in [0.5, 0.6) is 0 Å². The molecule has 4 fully saturated rings. The molecule has 0 atom stereocenters. The van der Waals surface area contributed by atoms with Crippen LogP contribution in [0.3, 0.4) is 0 Å². The van der Waals surface area contributed by atoms with Crippen LogP contribution in [0.25, 0.3) is 0 Å². The summed E-state index contributed by atoms with van der Waals surface area (Å²) in [6.45, 7) is 29.8. The van der Waals surface area contributed by atoms with E-state index in [-0.39, 0.29) is 23.1 Å². The average Bonchev–Trinajstić information content (AvgIpc) is 3.17. The zero-order chi connectivity index (χ0) is 43.4. The molecule has 0 unspecified atom stereocenters. The zero-order valence-corrected chi connectivity index (χ0v) is 38.0. The fourth-order valence-electron chi connectivity index (χ4n) is 7.58. The third kappa shape index (κ3) is 15.9. The SMILES string of the molecule is CC1(N)CCN(C(=O)OC(C)(C)C)CC1.Cc1ccc(C=O)c(N2CCOCC2)c1.Cc1ccc(CCC2(C)CCN(C(=O)OC(C)(C)C)CC2)c(N2CCOCC2)c1. The first-order chi connectivity index (χ1) is 27.7. The first kappa shape index (κ1) is 47.8. The summed E-state index contributed by atoms with van der Waals surface area (Å²) in [7, 11) is 0. The number of hydrogen-bond donors (Lipinski definition) is 1. The van der Waals surface area contributed by atoms with Crippen molar-refractivity contribution in [1.82, 2.24) is 9.80 Å². The molecule has 6 rings (SSSR count). The van der Waals surface area contributed by atoms with E-state index >= 15 is 0 Å². The number of nitrogens with two attached hydrogens (primary N) is 1. The maximum atomic E-state index is 12.3. The summed E-state index contributed by atoms with van der Waals surface area (Å²) < 4.78 is 21.7. The number of benzene rings is 2. The Labute approximate surface area is 355 Å². The van der Waals surface area contributed by atoms with Gasteiger partial charge in [-0.25, -0.2) is 9.59 Å². The largest absolute Gasteiger partial charge is 0.444 e. The van der Waals surface area contributed by atoms with Crippen molar-refractivity contribution < 1.29 is 33.3 Å². The molecule has 59 heavy (non-hydrogen) atoms. The van der Waals surface area contributed by atoms with Crippen molar-refractivity contribution >= 4 is 29.8 Å². The van der Waals surface area contributed by atoms with Gasteiger partial charge in [0.25, 0.3) is 0 Å². The number of nitrogens with zero attached hydrogens (tertiary/aromatic N) is 4. The van der Waals surface area contributed by atoms with Gasteiger partial charge in [0.15, 0.2) is 6.29 Å². The van der Waals surface area contributed by atoms with Crippen LogP contribution in [0.1, 0.15) is 115 Å². The van der Waals surface area contributed by atoms with Crippen molar-refractivity contribution in [2.75, 3.05) is 88.6 Å². The molecule has 2 amide bonds. The summed E-state index contributed by atoms with van der Waals surface area (Å²) in [5.74, 6) is 0. The second-order valence-corrected chi connectivity index (χ2v) is 19.4. The number of piperidine rings is 2. The summed E-state index contributed by atoms with van der Waals surface area (Å²) in [4.78, 5) is 43.2. The minimum atomic E-state index is -0.431. The molecule has 0 saturated carbocycles. The Morgan fingerprint density at radius 2 is 1.10 bits per heavy atom. The number of carbonyl (C=O) groups is 3. The fourth-order valence-corrected chi connectivity index (χ4v) is 7.58. The number of aryl methyl sites for hydroxylation is 3. The maximum Gasteiger partial charge on any atom is 0.410 e. The lowest BCUT2D eigenvalue weighted by Gasteiger charge is -2.40. The van der Waals surface area contributed by atoms with Gasteiger partial charge in [0.05, 0.1) is 26.4 Å². The van der Waals surface area contributed by atoms with Crippen LogP contribution in [0, 0.1) is 19.3 Å². The normalized spacial score (nSPS) is 19.4. The molecule has 0 bridgehead atoms. The van der Waals surface area contributed by atoms with E-state index in [9.17, 15) is 14.4 Å². The molecular weight excluding hydrogens is 747 g/mol. The molecule has 0 spiro atoms. The van der Waals surface area contributed by atoms with Crippen molar-refractivity contribution in [3.05, 3.63) is 58.7 Å². The van der Waals surface area contributed by atoms with Gasteiger partial charge in [-0.15, -0.1) is 0 Å². The molecule has 0 radical (unpaired) electrons. The van der Waals surface area contributed by atoms with Crippen molar-refractivity contribution in [3.63, 3.8) is 0 Å². The molecule has 330 valence electrons. The first-order valence-corrected chi connectivity index (χ1v) is 21.7. The second-order valence-electron chi connectivity index (χ2n) is 19.4. The topological polar surface area (TPSA) is 127 Å². The lowest BCUT2D eigenvalue weighted by atomic mass is 9.76. The molecule has 4 saturated heterocycles. The monoisotopic (exact) mass is 822 g/mol. The molecule has 4 aliphatic rings. The van der Waals surface area contributed by atoms with Gasteiger partial charge < -0.3 is 44.3 Å². The molecule has 0 aromatic heterocycles. The molecule has 12 heteroatoms. The van der Waals surface area contributed by atoms with Gasteiger partial charge in [-0.1, -0.05) is 25.1 Å². The van der Waals surface area contributed by atoms with E-state index in [1.807, 2.05) is 72.4 Å². The van der Waals surface area contributed by atoms with Gasteiger partial charge in [0.1, 0.15) is 11.2 Å². The third-order valence-electron chi connectivity index (χ3n) is 11.4. The summed E-state index contributed by atoms with van der Waals surface area (Å²) >= 11 is 0. The van der Waals surface area contributed by atoms with Gasteiger partial charge in [0, 0.05) is 74.8 Å². The predicted molar refractivity (Wildman–Crippen MR) is 237 cm³/mol. The average molecular weight is 822 g/mol. The summed E-state index contributed by atoms with van der Waals surface area (Å²) in [5, 5.41) is 0. The molecule has 0 aliphatic carbocycles. The van der Waals surface area contributed by atoms with Crippen LogP contribution >= 0.6 is 0 Å². The Morgan fingerprint density at radius 1 is 0.678 bits per heavy atom. The highest BCUT2D eigenvalue weighted by Gasteiger charge is 2.34. The van der Waals surface area contributed by atoms with Crippen LogP contribution in [-0.4, -0.2) is 124 Å². The first-order valence-electron chi connectivity index (χ1n) is 21.7. The fraction of sp³-hybridized carbons (Fsp3) is 0.681. The van der Waals surface area contributed by atoms with Crippen molar-refractivity contribution in [2.24, 2.45) is 11.1 Å². The quantitative estimate of drug-likeness (QED) is 0.285. The van der Waals surface area contributed by atoms with Gasteiger partial charge in [-0.3, -0.25) is 4.79 Å².